The maximum Gasteiger partial charge on any atom is 0.232 e. The lowest BCUT2D eigenvalue weighted by molar-refractivity contribution is 0.417. The van der Waals surface area contributed by atoms with Crippen molar-refractivity contribution in [3.63, 3.8) is 0 Å². The molecule has 5 nitrogen and oxygen atoms in total. The number of hydrogen-bond acceptors (Lipinski definition) is 4. The lowest BCUT2D eigenvalue weighted by Gasteiger charge is -2.12. The molecular formula is C11H18N2O3S. The quantitative estimate of drug-likeness (QED) is 0.763. The van der Waals surface area contributed by atoms with Gasteiger partial charge in [0, 0.05) is 5.69 Å². The van der Waals surface area contributed by atoms with Crippen LogP contribution in [0.25, 0.3) is 0 Å². The van der Waals surface area contributed by atoms with Crippen LogP contribution in [0.3, 0.4) is 0 Å². The van der Waals surface area contributed by atoms with E-state index in [0.29, 0.717) is 23.5 Å². The van der Waals surface area contributed by atoms with Gasteiger partial charge in [-0.2, -0.15) is 0 Å². The third-order valence-electron chi connectivity index (χ3n) is 2.26. The van der Waals surface area contributed by atoms with E-state index in [2.05, 4.69) is 4.72 Å². The van der Waals surface area contributed by atoms with Gasteiger partial charge in [-0.3, -0.25) is 4.72 Å². The van der Waals surface area contributed by atoms with Gasteiger partial charge in [0.2, 0.25) is 10.0 Å². The summed E-state index contributed by atoms with van der Waals surface area (Å²) in [6.45, 7) is 1.94. The second kappa shape index (κ2) is 5.77. The van der Waals surface area contributed by atoms with Crippen LogP contribution in [0.2, 0.25) is 0 Å². The Morgan fingerprint density at radius 2 is 2.12 bits per heavy atom. The van der Waals surface area contributed by atoms with Crippen molar-refractivity contribution in [3.05, 3.63) is 18.2 Å². The fourth-order valence-corrected chi connectivity index (χ4v) is 2.62. The molecule has 0 fully saturated rings. The van der Waals surface area contributed by atoms with E-state index in [1.54, 1.807) is 18.2 Å². The van der Waals surface area contributed by atoms with Crippen LogP contribution in [0.4, 0.5) is 11.4 Å². The van der Waals surface area contributed by atoms with Crippen LogP contribution in [0, 0.1) is 0 Å². The molecule has 96 valence electrons. The van der Waals surface area contributed by atoms with Crippen LogP contribution >= 0.6 is 0 Å². The van der Waals surface area contributed by atoms with Crippen molar-refractivity contribution in [2.75, 3.05) is 23.3 Å². The van der Waals surface area contributed by atoms with Gasteiger partial charge in [0.25, 0.3) is 0 Å². The van der Waals surface area contributed by atoms with Gasteiger partial charge in [-0.15, -0.1) is 0 Å². The van der Waals surface area contributed by atoms with Crippen molar-refractivity contribution in [1.82, 2.24) is 0 Å². The van der Waals surface area contributed by atoms with Crippen molar-refractivity contribution >= 4 is 21.4 Å². The van der Waals surface area contributed by atoms with Crippen LogP contribution in [-0.4, -0.2) is 21.3 Å². The molecule has 3 N–H and O–H groups in total. The smallest absolute Gasteiger partial charge is 0.232 e. The number of rotatable bonds is 6. The number of nitrogen functional groups attached to an aromatic ring is 1. The molecule has 0 aliphatic carbocycles. The normalized spacial score (nSPS) is 11.2. The average Bonchev–Trinajstić information content (AvgIpc) is 2.26. The van der Waals surface area contributed by atoms with E-state index in [0.717, 1.165) is 6.42 Å². The number of nitrogens with two attached hydrogens (primary N) is 1. The minimum atomic E-state index is -3.33. The van der Waals surface area contributed by atoms with E-state index in [9.17, 15) is 8.42 Å². The highest BCUT2D eigenvalue weighted by Crippen LogP contribution is 2.27. The predicted molar refractivity (Wildman–Crippen MR) is 69.7 cm³/mol. The van der Waals surface area contributed by atoms with E-state index in [4.69, 9.17) is 10.5 Å². The summed E-state index contributed by atoms with van der Waals surface area (Å²) in [6, 6.07) is 4.83. The van der Waals surface area contributed by atoms with E-state index in [1.165, 1.54) is 7.11 Å². The summed E-state index contributed by atoms with van der Waals surface area (Å²) in [4.78, 5) is 0. The van der Waals surface area contributed by atoms with Gasteiger partial charge in [0.1, 0.15) is 5.75 Å². The highest BCUT2D eigenvalue weighted by molar-refractivity contribution is 7.92. The highest BCUT2D eigenvalue weighted by atomic mass is 32.2. The number of anilines is 2. The summed E-state index contributed by atoms with van der Waals surface area (Å²) in [5, 5.41) is 0. The highest BCUT2D eigenvalue weighted by Gasteiger charge is 2.13. The van der Waals surface area contributed by atoms with E-state index < -0.39 is 10.0 Å². The van der Waals surface area contributed by atoms with Crippen molar-refractivity contribution in [2.24, 2.45) is 0 Å². The van der Waals surface area contributed by atoms with Crippen molar-refractivity contribution in [3.8, 4) is 5.75 Å². The van der Waals surface area contributed by atoms with Gasteiger partial charge >= 0.3 is 0 Å². The number of hydrogen-bond donors (Lipinski definition) is 2. The lowest BCUT2D eigenvalue weighted by Crippen LogP contribution is -2.17. The van der Waals surface area contributed by atoms with Crippen molar-refractivity contribution in [1.29, 1.82) is 0 Å². The summed E-state index contributed by atoms with van der Waals surface area (Å²) in [5.41, 5.74) is 6.47. The molecule has 0 bridgehead atoms. The SMILES string of the molecule is CCCCS(=O)(=O)Nc1cc(N)ccc1OC. The Hall–Kier alpha value is -1.43. The van der Waals surface area contributed by atoms with Crippen LogP contribution < -0.4 is 15.2 Å². The van der Waals surface area contributed by atoms with E-state index >= 15 is 0 Å². The Morgan fingerprint density at radius 1 is 1.41 bits per heavy atom. The maximum absolute atomic E-state index is 11.7. The van der Waals surface area contributed by atoms with Crippen LogP contribution in [0.15, 0.2) is 18.2 Å². The van der Waals surface area contributed by atoms with Gasteiger partial charge in [-0.1, -0.05) is 13.3 Å². The van der Waals surface area contributed by atoms with Gasteiger partial charge in [0.15, 0.2) is 0 Å². The molecule has 0 heterocycles. The molecule has 0 spiro atoms. The monoisotopic (exact) mass is 258 g/mol. The van der Waals surface area contributed by atoms with Crippen LogP contribution in [-0.2, 0) is 10.0 Å². The Balaban J connectivity index is 2.90. The summed E-state index contributed by atoms with van der Waals surface area (Å²) >= 11 is 0. The molecule has 17 heavy (non-hydrogen) atoms. The van der Waals surface area contributed by atoms with Gasteiger partial charge in [0.05, 0.1) is 18.6 Å². The fourth-order valence-electron chi connectivity index (χ4n) is 1.36. The molecule has 0 saturated heterocycles. The van der Waals surface area contributed by atoms with Gasteiger partial charge < -0.3 is 10.5 Å². The van der Waals surface area contributed by atoms with Crippen LogP contribution in [0.1, 0.15) is 19.8 Å². The number of nitrogens with one attached hydrogen (secondary N) is 1. The number of benzene rings is 1. The topological polar surface area (TPSA) is 81.4 Å². The first-order chi connectivity index (χ1) is 7.98. The lowest BCUT2D eigenvalue weighted by atomic mass is 10.2. The number of sulfonamides is 1. The summed E-state index contributed by atoms with van der Waals surface area (Å²) in [6.07, 6.45) is 1.45. The molecule has 0 radical (unpaired) electrons. The first-order valence-corrected chi connectivity index (χ1v) is 7.07. The molecular weight excluding hydrogens is 240 g/mol. The summed E-state index contributed by atoms with van der Waals surface area (Å²) in [5.74, 6) is 0.556. The zero-order valence-corrected chi connectivity index (χ0v) is 10.9. The fraction of sp³-hybridized carbons (Fsp3) is 0.455. The zero-order chi connectivity index (χ0) is 12.9. The molecule has 0 aromatic heterocycles. The number of unbranched alkanes of at least 4 members (excludes halogenated alkanes) is 1. The van der Waals surface area contributed by atoms with E-state index in [1.807, 2.05) is 6.92 Å². The van der Waals surface area contributed by atoms with Crippen molar-refractivity contribution in [2.45, 2.75) is 19.8 Å². The maximum atomic E-state index is 11.7. The Labute approximate surface area is 102 Å². The minimum absolute atomic E-state index is 0.0987. The molecule has 0 amide bonds. The third kappa shape index (κ3) is 4.14. The zero-order valence-electron chi connectivity index (χ0n) is 10.1. The Morgan fingerprint density at radius 3 is 2.71 bits per heavy atom. The second-order valence-corrected chi connectivity index (χ2v) is 5.58. The minimum Gasteiger partial charge on any atom is -0.495 e. The standard InChI is InChI=1S/C11H18N2O3S/c1-3-4-7-17(14,15)13-10-8-9(12)5-6-11(10)16-2/h5-6,8,13H,3-4,7,12H2,1-2H3. The Bertz CT molecular complexity index is 472. The predicted octanol–water partition coefficient (Wildman–Crippen LogP) is 1.82. The van der Waals surface area contributed by atoms with Crippen LogP contribution in [0.5, 0.6) is 5.75 Å². The van der Waals surface area contributed by atoms with Gasteiger partial charge in [-0.05, 0) is 24.6 Å². The molecule has 6 heteroatoms. The van der Waals surface area contributed by atoms with E-state index in [-0.39, 0.29) is 5.75 Å². The first kappa shape index (κ1) is 13.6. The first-order valence-electron chi connectivity index (χ1n) is 5.42. The third-order valence-corrected chi connectivity index (χ3v) is 3.61. The molecule has 1 aromatic rings. The molecule has 0 unspecified atom stereocenters. The summed E-state index contributed by atoms with van der Waals surface area (Å²) < 4.78 is 31.0. The Kier molecular flexibility index (Phi) is 4.62. The molecule has 0 aliphatic heterocycles. The molecule has 0 atom stereocenters. The number of methoxy groups -OCH3 is 1. The summed E-state index contributed by atoms with van der Waals surface area (Å²) in [7, 11) is -1.85. The average molecular weight is 258 g/mol. The molecule has 0 aliphatic rings. The largest absolute Gasteiger partial charge is 0.495 e. The molecule has 1 aromatic carbocycles. The second-order valence-electron chi connectivity index (χ2n) is 3.73. The molecule has 1 rings (SSSR count). The number of ether oxygens (including phenoxy) is 1. The van der Waals surface area contributed by atoms with Crippen molar-refractivity contribution < 1.29 is 13.2 Å². The molecule has 0 saturated carbocycles. The van der Waals surface area contributed by atoms with Gasteiger partial charge in [-0.25, -0.2) is 8.42 Å².